The highest BCUT2D eigenvalue weighted by Crippen LogP contribution is 2.42. The average Bonchev–Trinajstić information content (AvgIpc) is 3.08. The fraction of sp³-hybridized carbons (Fsp3) is 0.375. The van der Waals surface area contributed by atoms with Gasteiger partial charge in [-0.2, -0.15) is 0 Å². The van der Waals surface area contributed by atoms with Crippen molar-refractivity contribution in [3.8, 4) is 0 Å². The lowest BCUT2D eigenvalue weighted by Crippen LogP contribution is -2.12. The van der Waals surface area contributed by atoms with E-state index in [0.29, 0.717) is 11.6 Å². The van der Waals surface area contributed by atoms with Crippen molar-refractivity contribution in [1.82, 2.24) is 9.55 Å². The van der Waals surface area contributed by atoms with Crippen LogP contribution in [0.2, 0.25) is 5.02 Å². The summed E-state index contributed by atoms with van der Waals surface area (Å²) in [5.74, 6) is 0. The van der Waals surface area contributed by atoms with Gasteiger partial charge >= 0.3 is 5.30 Å². The molecule has 0 fully saturated rings. The van der Waals surface area contributed by atoms with Crippen LogP contribution in [0.1, 0.15) is 36.1 Å². The van der Waals surface area contributed by atoms with Gasteiger partial charge in [-0.15, -0.1) is 0 Å². The van der Waals surface area contributed by atoms with Crippen molar-refractivity contribution >= 4 is 40.3 Å². The van der Waals surface area contributed by atoms with Gasteiger partial charge in [0.05, 0.1) is 18.2 Å². The van der Waals surface area contributed by atoms with Crippen LogP contribution < -0.4 is 0 Å². The second-order valence-corrected chi connectivity index (χ2v) is 6.89. The van der Waals surface area contributed by atoms with E-state index in [4.69, 9.17) is 27.9 Å². The largest absolute Gasteiger partial charge is 0.458 e. The molecule has 0 aliphatic rings. The highest BCUT2D eigenvalue weighted by molar-refractivity contribution is 8.13. The van der Waals surface area contributed by atoms with Gasteiger partial charge in [0, 0.05) is 17.4 Å². The fourth-order valence-corrected chi connectivity index (χ4v) is 3.39. The number of aromatic nitrogens is 2. The number of halogens is 2. The highest BCUT2D eigenvalue weighted by atomic mass is 35.5. The molecule has 0 aliphatic carbocycles. The standard InChI is InChI=1S/C16H18Cl2N2O2S/c1-2-3-10-22-16(21)23-14(12-4-6-13(17)7-5-12)15(18)20-9-8-19-11-20/h4-9,11,14-15H,2-3,10H2,1H3. The quantitative estimate of drug-likeness (QED) is 0.356. The van der Waals surface area contributed by atoms with Crippen LogP contribution in [-0.2, 0) is 4.74 Å². The minimum atomic E-state index is -0.470. The van der Waals surface area contributed by atoms with Crippen LogP contribution in [0.15, 0.2) is 43.0 Å². The van der Waals surface area contributed by atoms with Crippen LogP contribution in [-0.4, -0.2) is 21.5 Å². The van der Waals surface area contributed by atoms with Crippen molar-refractivity contribution < 1.29 is 9.53 Å². The van der Waals surface area contributed by atoms with E-state index in [1.807, 2.05) is 19.1 Å². The lowest BCUT2D eigenvalue weighted by molar-refractivity contribution is 0.173. The van der Waals surface area contributed by atoms with Crippen molar-refractivity contribution in [3.63, 3.8) is 0 Å². The van der Waals surface area contributed by atoms with Gasteiger partial charge in [0.25, 0.3) is 0 Å². The monoisotopic (exact) mass is 372 g/mol. The molecule has 124 valence electrons. The number of hydrogen-bond donors (Lipinski definition) is 0. The molecule has 0 saturated carbocycles. The third-order valence-corrected chi connectivity index (χ3v) is 5.17. The van der Waals surface area contributed by atoms with Crippen LogP contribution in [0.5, 0.6) is 0 Å². The number of unbranched alkanes of at least 4 members (excludes halogenated alkanes) is 1. The zero-order chi connectivity index (χ0) is 16.7. The van der Waals surface area contributed by atoms with Crippen molar-refractivity contribution in [1.29, 1.82) is 0 Å². The lowest BCUT2D eigenvalue weighted by Gasteiger charge is -2.22. The molecule has 0 saturated heterocycles. The van der Waals surface area contributed by atoms with E-state index >= 15 is 0 Å². The predicted octanol–water partition coefficient (Wildman–Crippen LogP) is 5.69. The first-order chi connectivity index (χ1) is 11.1. The molecule has 2 unspecified atom stereocenters. The van der Waals surface area contributed by atoms with E-state index in [9.17, 15) is 4.79 Å². The minimum absolute atomic E-state index is 0.308. The maximum atomic E-state index is 12.1. The number of imidazole rings is 1. The summed E-state index contributed by atoms with van der Waals surface area (Å²) < 4.78 is 7.00. The summed E-state index contributed by atoms with van der Waals surface area (Å²) in [4.78, 5) is 16.1. The normalized spacial score (nSPS) is 13.5. The van der Waals surface area contributed by atoms with Gasteiger partial charge in [-0.05, 0) is 35.9 Å². The summed E-state index contributed by atoms with van der Waals surface area (Å²) in [6, 6.07) is 7.30. The molecule has 4 nitrogen and oxygen atoms in total. The second kappa shape index (κ2) is 9.21. The molecular weight excluding hydrogens is 355 g/mol. The highest BCUT2D eigenvalue weighted by Gasteiger charge is 2.27. The Morgan fingerprint density at radius 3 is 2.74 bits per heavy atom. The molecule has 0 N–H and O–H groups in total. The van der Waals surface area contributed by atoms with Crippen LogP contribution >= 0.6 is 35.0 Å². The number of carbonyl (C=O) groups excluding carboxylic acids is 1. The Balaban J connectivity index is 2.14. The minimum Gasteiger partial charge on any atom is -0.458 e. The maximum Gasteiger partial charge on any atom is 0.368 e. The third-order valence-electron chi connectivity index (χ3n) is 3.20. The number of nitrogens with zero attached hydrogens (tertiary/aromatic N) is 2. The summed E-state index contributed by atoms with van der Waals surface area (Å²) in [5.41, 5.74) is 0.433. The Bertz CT molecular complexity index is 605. The zero-order valence-electron chi connectivity index (χ0n) is 12.7. The van der Waals surface area contributed by atoms with Crippen LogP contribution in [0.25, 0.3) is 0 Å². The van der Waals surface area contributed by atoms with Gasteiger partial charge in [0.15, 0.2) is 0 Å². The van der Waals surface area contributed by atoms with E-state index < -0.39 is 5.50 Å². The number of hydrogen-bond acceptors (Lipinski definition) is 4. The summed E-state index contributed by atoms with van der Waals surface area (Å²) in [6.07, 6.45) is 6.88. The smallest absolute Gasteiger partial charge is 0.368 e. The number of benzene rings is 1. The maximum absolute atomic E-state index is 12.1. The molecule has 2 rings (SSSR count). The Labute approximate surface area is 150 Å². The molecule has 2 atom stereocenters. The molecular formula is C16H18Cl2N2O2S. The van der Waals surface area contributed by atoms with E-state index in [1.165, 1.54) is 0 Å². The van der Waals surface area contributed by atoms with E-state index in [2.05, 4.69) is 4.98 Å². The Kier molecular flexibility index (Phi) is 7.27. The van der Waals surface area contributed by atoms with Gasteiger partial charge in [0.1, 0.15) is 5.50 Å². The summed E-state index contributed by atoms with van der Waals surface area (Å²) >= 11 is 13.6. The molecule has 0 spiro atoms. The van der Waals surface area contributed by atoms with Gasteiger partial charge in [-0.1, -0.05) is 48.7 Å². The molecule has 0 bridgehead atoms. The summed E-state index contributed by atoms with van der Waals surface area (Å²) in [7, 11) is 0. The number of alkyl halides is 1. The van der Waals surface area contributed by atoms with Crippen LogP contribution in [0, 0.1) is 0 Å². The van der Waals surface area contributed by atoms with E-state index in [1.54, 1.807) is 35.4 Å². The van der Waals surface area contributed by atoms with Gasteiger partial charge in [-0.25, -0.2) is 9.78 Å². The molecule has 0 radical (unpaired) electrons. The van der Waals surface area contributed by atoms with Crippen molar-refractivity contribution in [2.45, 2.75) is 30.5 Å². The average molecular weight is 373 g/mol. The fourth-order valence-electron chi connectivity index (χ4n) is 1.94. The first kappa shape index (κ1) is 18.2. The Morgan fingerprint density at radius 1 is 1.39 bits per heavy atom. The number of ether oxygens (including phenoxy) is 1. The molecule has 7 heteroatoms. The molecule has 1 heterocycles. The molecule has 2 aromatic rings. The van der Waals surface area contributed by atoms with Crippen LogP contribution in [0.4, 0.5) is 4.79 Å². The van der Waals surface area contributed by atoms with Crippen molar-refractivity contribution in [3.05, 3.63) is 53.6 Å². The van der Waals surface area contributed by atoms with Gasteiger partial charge in [0.2, 0.25) is 0 Å². The first-order valence-corrected chi connectivity index (χ1v) is 9.01. The van der Waals surface area contributed by atoms with E-state index in [-0.39, 0.29) is 10.6 Å². The first-order valence-electron chi connectivity index (χ1n) is 7.32. The Hall–Kier alpha value is -1.17. The van der Waals surface area contributed by atoms with Crippen molar-refractivity contribution in [2.24, 2.45) is 0 Å². The SMILES string of the molecule is CCCCOC(=O)SC(c1ccc(Cl)cc1)C(Cl)n1ccnc1. The molecule has 1 aromatic heterocycles. The summed E-state index contributed by atoms with van der Waals surface area (Å²) in [5, 5.41) is -0.00167. The van der Waals surface area contributed by atoms with Gasteiger partial charge < -0.3 is 9.30 Å². The second-order valence-electron chi connectivity index (χ2n) is 4.92. The molecule has 23 heavy (non-hydrogen) atoms. The summed E-state index contributed by atoms with van der Waals surface area (Å²) in [6.45, 7) is 2.47. The Morgan fingerprint density at radius 2 is 2.13 bits per heavy atom. The zero-order valence-corrected chi connectivity index (χ0v) is 15.0. The van der Waals surface area contributed by atoms with Gasteiger partial charge in [-0.3, -0.25) is 0 Å². The number of rotatable bonds is 7. The topological polar surface area (TPSA) is 44.1 Å². The third kappa shape index (κ3) is 5.44. The number of thioether (sulfide) groups is 1. The number of carbonyl (C=O) groups is 1. The molecule has 1 aromatic carbocycles. The predicted molar refractivity (Wildman–Crippen MR) is 95.2 cm³/mol. The van der Waals surface area contributed by atoms with Crippen molar-refractivity contribution in [2.75, 3.05) is 6.61 Å². The van der Waals surface area contributed by atoms with E-state index in [0.717, 1.165) is 30.2 Å². The van der Waals surface area contributed by atoms with Crippen LogP contribution in [0.3, 0.4) is 0 Å². The molecule has 0 amide bonds. The molecule has 0 aliphatic heterocycles. The lowest BCUT2D eigenvalue weighted by atomic mass is 10.1.